The van der Waals surface area contributed by atoms with Crippen molar-refractivity contribution in [2.75, 3.05) is 11.8 Å². The fourth-order valence-corrected chi connectivity index (χ4v) is 2.69. The van der Waals surface area contributed by atoms with Crippen molar-refractivity contribution in [3.05, 3.63) is 29.8 Å². The Morgan fingerprint density at radius 3 is 2.40 bits per heavy atom. The molecule has 0 aromatic heterocycles. The van der Waals surface area contributed by atoms with E-state index in [-0.39, 0.29) is 6.04 Å². The molecule has 0 aliphatic rings. The number of hydrogen-bond donors (Lipinski definition) is 2. The van der Waals surface area contributed by atoms with E-state index >= 15 is 0 Å². The molecule has 114 valence electrons. The van der Waals surface area contributed by atoms with Gasteiger partial charge in [0.1, 0.15) is 0 Å². The van der Waals surface area contributed by atoms with Crippen molar-refractivity contribution in [3.8, 4) is 0 Å². The molecule has 0 radical (unpaired) electrons. The van der Waals surface area contributed by atoms with Gasteiger partial charge in [-0.05, 0) is 31.5 Å². The van der Waals surface area contributed by atoms with Gasteiger partial charge in [-0.1, -0.05) is 26.0 Å². The molecule has 0 saturated heterocycles. The van der Waals surface area contributed by atoms with Crippen LogP contribution >= 0.6 is 0 Å². The Labute approximate surface area is 122 Å². The Morgan fingerprint density at radius 1 is 1.20 bits per heavy atom. The minimum atomic E-state index is -3.50. The maximum atomic E-state index is 12.1. The van der Waals surface area contributed by atoms with Crippen LogP contribution in [0.2, 0.25) is 0 Å². The first kappa shape index (κ1) is 16.9. The van der Waals surface area contributed by atoms with Crippen molar-refractivity contribution in [2.45, 2.75) is 46.3 Å². The molecule has 0 fully saturated rings. The third-order valence-corrected chi connectivity index (χ3v) is 4.67. The molecule has 1 aromatic rings. The van der Waals surface area contributed by atoms with Crippen molar-refractivity contribution in [1.29, 1.82) is 0 Å². The van der Waals surface area contributed by atoms with Gasteiger partial charge in [0, 0.05) is 25.7 Å². The molecule has 20 heavy (non-hydrogen) atoms. The van der Waals surface area contributed by atoms with E-state index < -0.39 is 10.2 Å². The second-order valence-corrected chi connectivity index (χ2v) is 7.18. The Kier molecular flexibility index (Phi) is 5.98. The molecule has 0 unspecified atom stereocenters. The van der Waals surface area contributed by atoms with Gasteiger partial charge < -0.3 is 5.32 Å². The zero-order chi connectivity index (χ0) is 15.3. The van der Waals surface area contributed by atoms with Gasteiger partial charge in [0.05, 0.1) is 5.69 Å². The molecule has 0 spiro atoms. The lowest BCUT2D eigenvalue weighted by Gasteiger charge is -2.22. The molecule has 0 bridgehead atoms. The van der Waals surface area contributed by atoms with Crippen LogP contribution in [0.15, 0.2) is 24.3 Å². The Hall–Kier alpha value is -1.11. The van der Waals surface area contributed by atoms with E-state index in [0.717, 1.165) is 5.56 Å². The summed E-state index contributed by atoms with van der Waals surface area (Å²) in [7, 11) is -1.93. The van der Waals surface area contributed by atoms with Crippen LogP contribution in [0.4, 0.5) is 5.69 Å². The Balaban J connectivity index is 2.80. The van der Waals surface area contributed by atoms with Crippen LogP contribution in [-0.4, -0.2) is 31.9 Å². The van der Waals surface area contributed by atoms with Gasteiger partial charge in [0.2, 0.25) is 0 Å². The summed E-state index contributed by atoms with van der Waals surface area (Å²) in [4.78, 5) is 0. The average molecular weight is 299 g/mol. The third-order valence-electron chi connectivity index (χ3n) is 2.99. The van der Waals surface area contributed by atoms with Gasteiger partial charge >= 0.3 is 10.2 Å². The van der Waals surface area contributed by atoms with E-state index in [9.17, 15) is 8.42 Å². The highest BCUT2D eigenvalue weighted by atomic mass is 32.2. The summed E-state index contributed by atoms with van der Waals surface area (Å²) in [5.41, 5.74) is 1.63. The second-order valence-electron chi connectivity index (χ2n) is 5.45. The highest BCUT2D eigenvalue weighted by Crippen LogP contribution is 2.14. The van der Waals surface area contributed by atoms with Crippen LogP contribution < -0.4 is 10.0 Å². The first-order valence-corrected chi connectivity index (χ1v) is 8.24. The Morgan fingerprint density at radius 2 is 1.85 bits per heavy atom. The predicted molar refractivity (Wildman–Crippen MR) is 83.9 cm³/mol. The van der Waals surface area contributed by atoms with Gasteiger partial charge in [-0.2, -0.15) is 12.7 Å². The van der Waals surface area contributed by atoms with Crippen LogP contribution in [0.5, 0.6) is 0 Å². The topological polar surface area (TPSA) is 61.4 Å². The number of nitrogens with one attached hydrogen (secondary N) is 2. The zero-order valence-corrected chi connectivity index (χ0v) is 13.7. The standard InChI is InChI=1S/C14H25N3O2S/c1-11(2)15-10-13-7-6-8-14(9-13)16-20(18,19)17(5)12(3)4/h6-9,11-12,15-16H,10H2,1-5H3. The summed E-state index contributed by atoms with van der Waals surface area (Å²) >= 11 is 0. The molecule has 5 nitrogen and oxygen atoms in total. The molecule has 2 N–H and O–H groups in total. The monoisotopic (exact) mass is 299 g/mol. The first-order valence-electron chi connectivity index (χ1n) is 6.80. The van der Waals surface area contributed by atoms with E-state index in [4.69, 9.17) is 0 Å². The van der Waals surface area contributed by atoms with Gasteiger partial charge in [-0.25, -0.2) is 0 Å². The molecule has 0 saturated carbocycles. The maximum Gasteiger partial charge on any atom is 0.301 e. The number of anilines is 1. The highest BCUT2D eigenvalue weighted by molar-refractivity contribution is 7.90. The minimum Gasteiger partial charge on any atom is -0.310 e. The SMILES string of the molecule is CC(C)NCc1cccc(NS(=O)(=O)N(C)C(C)C)c1. The minimum absolute atomic E-state index is 0.0849. The first-order chi connectivity index (χ1) is 9.22. The van der Waals surface area contributed by atoms with Gasteiger partial charge in [0.15, 0.2) is 0 Å². The van der Waals surface area contributed by atoms with Crippen molar-refractivity contribution < 1.29 is 8.42 Å². The fourth-order valence-electron chi connectivity index (χ4n) is 1.57. The normalized spacial score (nSPS) is 12.4. The van der Waals surface area contributed by atoms with E-state index in [1.165, 1.54) is 4.31 Å². The van der Waals surface area contributed by atoms with Crippen molar-refractivity contribution >= 4 is 15.9 Å². The van der Waals surface area contributed by atoms with E-state index in [1.807, 2.05) is 32.0 Å². The van der Waals surface area contributed by atoms with Gasteiger partial charge in [-0.15, -0.1) is 0 Å². The summed E-state index contributed by atoms with van der Waals surface area (Å²) in [6, 6.07) is 7.73. The van der Waals surface area contributed by atoms with Crippen molar-refractivity contribution in [3.63, 3.8) is 0 Å². The molecule has 1 aromatic carbocycles. The number of benzene rings is 1. The summed E-state index contributed by atoms with van der Waals surface area (Å²) in [5.74, 6) is 0. The van der Waals surface area contributed by atoms with Crippen molar-refractivity contribution in [1.82, 2.24) is 9.62 Å². The lowest BCUT2D eigenvalue weighted by Crippen LogP contribution is -2.37. The zero-order valence-electron chi connectivity index (χ0n) is 12.8. The molecular formula is C14H25N3O2S. The van der Waals surface area contributed by atoms with Crippen LogP contribution in [0.3, 0.4) is 0 Å². The summed E-state index contributed by atoms with van der Waals surface area (Å²) < 4.78 is 28.1. The predicted octanol–water partition coefficient (Wildman–Crippen LogP) is 2.18. The number of hydrogen-bond acceptors (Lipinski definition) is 3. The molecular weight excluding hydrogens is 274 g/mol. The molecule has 6 heteroatoms. The summed E-state index contributed by atoms with van der Waals surface area (Å²) in [6.45, 7) is 8.53. The lowest BCUT2D eigenvalue weighted by atomic mass is 10.2. The number of nitrogens with zero attached hydrogens (tertiary/aromatic N) is 1. The van der Waals surface area contributed by atoms with E-state index in [0.29, 0.717) is 18.3 Å². The second kappa shape index (κ2) is 7.06. The van der Waals surface area contributed by atoms with Crippen molar-refractivity contribution in [2.24, 2.45) is 0 Å². The molecule has 0 aliphatic heterocycles. The fraction of sp³-hybridized carbons (Fsp3) is 0.571. The molecule has 0 heterocycles. The highest BCUT2D eigenvalue weighted by Gasteiger charge is 2.20. The van der Waals surface area contributed by atoms with Gasteiger partial charge in [0.25, 0.3) is 0 Å². The third kappa shape index (κ3) is 5.11. The Bertz CT molecular complexity index is 527. The summed E-state index contributed by atoms with van der Waals surface area (Å²) in [6.07, 6.45) is 0. The summed E-state index contributed by atoms with van der Waals surface area (Å²) in [5, 5.41) is 3.31. The van der Waals surface area contributed by atoms with Gasteiger partial charge in [-0.3, -0.25) is 4.72 Å². The largest absolute Gasteiger partial charge is 0.310 e. The van der Waals surface area contributed by atoms with Crippen LogP contribution in [0.1, 0.15) is 33.3 Å². The smallest absolute Gasteiger partial charge is 0.301 e. The number of rotatable bonds is 7. The van der Waals surface area contributed by atoms with E-state index in [2.05, 4.69) is 23.9 Å². The lowest BCUT2D eigenvalue weighted by molar-refractivity contribution is 0.414. The van der Waals surface area contributed by atoms with E-state index in [1.54, 1.807) is 13.1 Å². The van der Waals surface area contributed by atoms with Crippen LogP contribution in [-0.2, 0) is 16.8 Å². The molecule has 0 aliphatic carbocycles. The molecule has 0 amide bonds. The van der Waals surface area contributed by atoms with Crippen LogP contribution in [0.25, 0.3) is 0 Å². The van der Waals surface area contributed by atoms with Crippen LogP contribution in [0, 0.1) is 0 Å². The maximum absolute atomic E-state index is 12.1. The quantitative estimate of drug-likeness (QED) is 0.811. The molecule has 0 atom stereocenters. The molecule has 1 rings (SSSR count). The average Bonchev–Trinajstić information content (AvgIpc) is 2.35.